The van der Waals surface area contributed by atoms with Crippen molar-refractivity contribution in [2.75, 3.05) is 24.6 Å². The first-order valence-electron chi connectivity index (χ1n) is 7.15. The van der Waals surface area contributed by atoms with Gasteiger partial charge in [0, 0.05) is 6.04 Å². The van der Waals surface area contributed by atoms with Crippen molar-refractivity contribution in [3.05, 3.63) is 0 Å². The van der Waals surface area contributed by atoms with Crippen molar-refractivity contribution < 1.29 is 9.53 Å². The van der Waals surface area contributed by atoms with Gasteiger partial charge in [-0.05, 0) is 71.0 Å². The molecule has 4 nitrogen and oxygen atoms in total. The van der Waals surface area contributed by atoms with E-state index in [4.69, 9.17) is 4.74 Å². The molecule has 2 atom stereocenters. The standard InChI is InChI=1S/C14H28N2O2S/c1-11(16-13(17)18-14(2,3)4)5-7-15-9-12-6-8-19-10-12/h11-12,15H,5-10H2,1-4H3,(H,16,17). The lowest BCUT2D eigenvalue weighted by atomic mass is 10.1. The number of amides is 1. The topological polar surface area (TPSA) is 50.4 Å². The summed E-state index contributed by atoms with van der Waals surface area (Å²) in [5.74, 6) is 3.43. The van der Waals surface area contributed by atoms with E-state index in [-0.39, 0.29) is 12.1 Å². The molecule has 2 unspecified atom stereocenters. The first-order chi connectivity index (χ1) is 8.87. The van der Waals surface area contributed by atoms with E-state index < -0.39 is 5.60 Å². The number of hydrogen-bond donors (Lipinski definition) is 2. The molecule has 0 radical (unpaired) electrons. The predicted molar refractivity (Wildman–Crippen MR) is 81.8 cm³/mol. The molecule has 1 aliphatic heterocycles. The van der Waals surface area contributed by atoms with Gasteiger partial charge < -0.3 is 15.4 Å². The molecular weight excluding hydrogens is 260 g/mol. The SMILES string of the molecule is CC(CCNCC1CCSC1)NC(=O)OC(C)(C)C. The van der Waals surface area contributed by atoms with Crippen LogP contribution in [0.4, 0.5) is 4.79 Å². The number of rotatable bonds is 6. The largest absolute Gasteiger partial charge is 0.444 e. The minimum atomic E-state index is -0.428. The van der Waals surface area contributed by atoms with E-state index in [9.17, 15) is 4.79 Å². The monoisotopic (exact) mass is 288 g/mol. The number of hydrogen-bond acceptors (Lipinski definition) is 4. The summed E-state index contributed by atoms with van der Waals surface area (Å²) in [5.41, 5.74) is -0.428. The van der Waals surface area contributed by atoms with Gasteiger partial charge in [-0.3, -0.25) is 0 Å². The number of carbonyl (C=O) groups is 1. The first kappa shape index (κ1) is 16.6. The van der Waals surface area contributed by atoms with Crippen LogP contribution in [0.2, 0.25) is 0 Å². The van der Waals surface area contributed by atoms with Gasteiger partial charge in [0.25, 0.3) is 0 Å². The van der Waals surface area contributed by atoms with Gasteiger partial charge in [-0.15, -0.1) is 0 Å². The van der Waals surface area contributed by atoms with E-state index >= 15 is 0 Å². The molecule has 1 heterocycles. The Hall–Kier alpha value is -0.420. The highest BCUT2D eigenvalue weighted by Gasteiger charge is 2.18. The van der Waals surface area contributed by atoms with Crippen LogP contribution in [0, 0.1) is 5.92 Å². The van der Waals surface area contributed by atoms with E-state index in [0.29, 0.717) is 0 Å². The van der Waals surface area contributed by atoms with Crippen LogP contribution in [0.3, 0.4) is 0 Å². The first-order valence-corrected chi connectivity index (χ1v) is 8.30. The summed E-state index contributed by atoms with van der Waals surface area (Å²) in [6.07, 6.45) is 1.94. The van der Waals surface area contributed by atoms with Crippen molar-refractivity contribution in [2.24, 2.45) is 5.92 Å². The zero-order valence-corrected chi connectivity index (χ0v) is 13.4. The van der Waals surface area contributed by atoms with Crippen LogP contribution in [-0.2, 0) is 4.74 Å². The van der Waals surface area contributed by atoms with Gasteiger partial charge in [-0.2, -0.15) is 11.8 Å². The average Bonchev–Trinajstić information content (AvgIpc) is 2.74. The molecule has 1 aliphatic rings. The van der Waals surface area contributed by atoms with Gasteiger partial charge in [0.1, 0.15) is 5.60 Å². The van der Waals surface area contributed by atoms with Gasteiger partial charge in [-0.25, -0.2) is 4.79 Å². The van der Waals surface area contributed by atoms with Crippen LogP contribution in [0.5, 0.6) is 0 Å². The van der Waals surface area contributed by atoms with Crippen molar-refractivity contribution in [1.82, 2.24) is 10.6 Å². The smallest absolute Gasteiger partial charge is 0.407 e. The molecule has 0 bridgehead atoms. The summed E-state index contributed by atoms with van der Waals surface area (Å²) in [6.45, 7) is 9.68. The van der Waals surface area contributed by atoms with Gasteiger partial charge in [0.2, 0.25) is 0 Å². The average molecular weight is 288 g/mol. The molecule has 0 saturated carbocycles. The molecule has 0 spiro atoms. The van der Waals surface area contributed by atoms with E-state index in [1.807, 2.05) is 39.5 Å². The highest BCUT2D eigenvalue weighted by molar-refractivity contribution is 7.99. The third-order valence-electron chi connectivity index (χ3n) is 2.97. The lowest BCUT2D eigenvalue weighted by Crippen LogP contribution is -2.39. The van der Waals surface area contributed by atoms with Crippen molar-refractivity contribution in [3.63, 3.8) is 0 Å². The van der Waals surface area contributed by atoms with Crippen LogP contribution in [0.1, 0.15) is 40.5 Å². The van der Waals surface area contributed by atoms with Gasteiger partial charge in [0.15, 0.2) is 0 Å². The summed E-state index contributed by atoms with van der Waals surface area (Å²) in [6, 6.07) is 0.139. The normalized spacial score (nSPS) is 21.2. The third kappa shape index (κ3) is 8.37. The van der Waals surface area contributed by atoms with Crippen molar-refractivity contribution in [1.29, 1.82) is 0 Å². The maximum Gasteiger partial charge on any atom is 0.407 e. The Labute approximate surface area is 121 Å². The Morgan fingerprint density at radius 2 is 2.21 bits per heavy atom. The Bertz CT molecular complexity index is 273. The molecule has 0 aromatic heterocycles. The Kier molecular flexibility index (Phi) is 7.00. The molecule has 1 rings (SSSR count). The minimum Gasteiger partial charge on any atom is -0.444 e. The van der Waals surface area contributed by atoms with Crippen molar-refractivity contribution in [3.8, 4) is 0 Å². The number of thioether (sulfide) groups is 1. The number of ether oxygens (including phenoxy) is 1. The highest BCUT2D eigenvalue weighted by atomic mass is 32.2. The third-order valence-corrected chi connectivity index (χ3v) is 4.21. The second-order valence-corrected chi connectivity index (χ2v) is 7.42. The highest BCUT2D eigenvalue weighted by Crippen LogP contribution is 2.22. The van der Waals surface area contributed by atoms with Crippen LogP contribution >= 0.6 is 11.8 Å². The van der Waals surface area contributed by atoms with Gasteiger partial charge >= 0.3 is 6.09 Å². The number of nitrogens with one attached hydrogen (secondary N) is 2. The molecule has 0 aromatic carbocycles. The fourth-order valence-electron chi connectivity index (χ4n) is 1.95. The quantitative estimate of drug-likeness (QED) is 0.738. The number of carbonyl (C=O) groups excluding carboxylic acids is 1. The predicted octanol–water partition coefficient (Wildman–Crippen LogP) is 2.63. The second kappa shape index (κ2) is 8.00. The zero-order valence-electron chi connectivity index (χ0n) is 12.6. The summed E-state index contributed by atoms with van der Waals surface area (Å²) in [7, 11) is 0. The molecule has 2 N–H and O–H groups in total. The lowest BCUT2D eigenvalue weighted by Gasteiger charge is -2.22. The summed E-state index contributed by atoms with van der Waals surface area (Å²) in [4.78, 5) is 11.6. The molecular formula is C14H28N2O2S. The van der Waals surface area contributed by atoms with E-state index in [0.717, 1.165) is 25.4 Å². The molecule has 19 heavy (non-hydrogen) atoms. The molecule has 5 heteroatoms. The number of alkyl carbamates (subject to hydrolysis) is 1. The molecule has 1 saturated heterocycles. The van der Waals surface area contributed by atoms with Crippen LogP contribution in [-0.4, -0.2) is 42.3 Å². The van der Waals surface area contributed by atoms with E-state index in [1.54, 1.807) is 0 Å². The van der Waals surface area contributed by atoms with Crippen LogP contribution < -0.4 is 10.6 Å². The Morgan fingerprint density at radius 1 is 1.47 bits per heavy atom. The molecule has 0 aliphatic carbocycles. The van der Waals surface area contributed by atoms with Crippen LogP contribution in [0.25, 0.3) is 0 Å². The Balaban J connectivity index is 2.03. The summed E-state index contributed by atoms with van der Waals surface area (Å²) in [5, 5.41) is 6.33. The fraction of sp³-hybridized carbons (Fsp3) is 0.929. The molecule has 0 aromatic rings. The van der Waals surface area contributed by atoms with Crippen molar-refractivity contribution in [2.45, 2.75) is 52.2 Å². The fourth-order valence-corrected chi connectivity index (χ4v) is 3.23. The van der Waals surface area contributed by atoms with E-state index in [1.165, 1.54) is 17.9 Å². The minimum absolute atomic E-state index is 0.139. The van der Waals surface area contributed by atoms with Crippen LogP contribution in [0.15, 0.2) is 0 Å². The van der Waals surface area contributed by atoms with Gasteiger partial charge in [-0.1, -0.05) is 0 Å². The summed E-state index contributed by atoms with van der Waals surface area (Å²) >= 11 is 2.05. The Morgan fingerprint density at radius 3 is 2.79 bits per heavy atom. The lowest BCUT2D eigenvalue weighted by molar-refractivity contribution is 0.0506. The van der Waals surface area contributed by atoms with Crippen molar-refractivity contribution >= 4 is 17.9 Å². The zero-order chi connectivity index (χ0) is 14.3. The molecule has 1 fully saturated rings. The maximum absolute atomic E-state index is 11.6. The molecule has 112 valence electrons. The van der Waals surface area contributed by atoms with E-state index in [2.05, 4.69) is 10.6 Å². The summed E-state index contributed by atoms with van der Waals surface area (Å²) < 4.78 is 5.22. The van der Waals surface area contributed by atoms with Gasteiger partial charge in [0.05, 0.1) is 0 Å². The maximum atomic E-state index is 11.6. The molecule has 1 amide bonds. The second-order valence-electron chi connectivity index (χ2n) is 6.27.